The van der Waals surface area contributed by atoms with Gasteiger partial charge in [-0.25, -0.2) is 0 Å². The van der Waals surface area contributed by atoms with E-state index in [4.69, 9.17) is 9.47 Å². The topological polar surface area (TPSA) is 47.6 Å². The van der Waals surface area contributed by atoms with Crippen LogP contribution in [0.3, 0.4) is 0 Å². The molecule has 1 atom stereocenters. The summed E-state index contributed by atoms with van der Waals surface area (Å²) in [4.78, 5) is 11.7. The van der Waals surface area contributed by atoms with E-state index in [1.54, 1.807) is 0 Å². The third-order valence-corrected chi connectivity index (χ3v) is 3.15. The van der Waals surface area contributed by atoms with Crippen LogP contribution in [0.5, 0.6) is 0 Å². The average Bonchev–Trinajstić information content (AvgIpc) is 2.45. The highest BCUT2D eigenvalue weighted by molar-refractivity contribution is 5.75. The first-order chi connectivity index (χ1) is 9.76. The van der Waals surface area contributed by atoms with Gasteiger partial charge in [0.15, 0.2) is 0 Å². The molecule has 20 heavy (non-hydrogen) atoms. The standard InChI is InChI=1S/C16H33NO3/c1-4-7-8-9-10-13-19-14-11-15(17-12-5-2)16(18)20-6-3/h15,17H,4-14H2,1-3H3. The van der Waals surface area contributed by atoms with Crippen molar-refractivity contribution in [3.63, 3.8) is 0 Å². The minimum Gasteiger partial charge on any atom is -0.465 e. The largest absolute Gasteiger partial charge is 0.465 e. The lowest BCUT2D eigenvalue weighted by molar-refractivity contribution is -0.146. The van der Waals surface area contributed by atoms with Gasteiger partial charge < -0.3 is 14.8 Å². The van der Waals surface area contributed by atoms with Crippen LogP contribution in [0, 0.1) is 0 Å². The zero-order valence-corrected chi connectivity index (χ0v) is 13.6. The lowest BCUT2D eigenvalue weighted by Crippen LogP contribution is -2.39. The number of ether oxygens (including phenoxy) is 2. The zero-order chi connectivity index (χ0) is 15.1. The van der Waals surface area contributed by atoms with Gasteiger partial charge in [-0.3, -0.25) is 4.79 Å². The molecule has 0 aromatic carbocycles. The maximum absolute atomic E-state index is 11.7. The number of carbonyl (C=O) groups is 1. The predicted molar refractivity (Wildman–Crippen MR) is 82.9 cm³/mol. The van der Waals surface area contributed by atoms with Crippen LogP contribution in [0.4, 0.5) is 0 Å². The van der Waals surface area contributed by atoms with Crippen molar-refractivity contribution in [1.29, 1.82) is 0 Å². The molecule has 0 aliphatic rings. The summed E-state index contributed by atoms with van der Waals surface area (Å²) in [6, 6.07) is -0.227. The molecule has 0 aliphatic heterocycles. The van der Waals surface area contributed by atoms with E-state index < -0.39 is 0 Å². The molecule has 0 radical (unpaired) electrons. The molecule has 0 spiro atoms. The molecule has 4 heteroatoms. The van der Waals surface area contributed by atoms with Crippen molar-refractivity contribution in [3.05, 3.63) is 0 Å². The monoisotopic (exact) mass is 287 g/mol. The van der Waals surface area contributed by atoms with Crippen LogP contribution in [0.25, 0.3) is 0 Å². The maximum Gasteiger partial charge on any atom is 0.323 e. The minimum atomic E-state index is -0.227. The first-order valence-corrected chi connectivity index (χ1v) is 8.23. The van der Waals surface area contributed by atoms with Crippen LogP contribution in [-0.2, 0) is 14.3 Å². The Balaban J connectivity index is 3.65. The number of unbranched alkanes of at least 4 members (excludes halogenated alkanes) is 4. The summed E-state index contributed by atoms with van der Waals surface area (Å²) in [5, 5.41) is 3.22. The smallest absolute Gasteiger partial charge is 0.323 e. The molecule has 0 aromatic rings. The second-order valence-corrected chi connectivity index (χ2v) is 5.07. The summed E-state index contributed by atoms with van der Waals surface area (Å²) in [5.74, 6) is -0.160. The van der Waals surface area contributed by atoms with Gasteiger partial charge in [0.1, 0.15) is 6.04 Å². The van der Waals surface area contributed by atoms with Crippen molar-refractivity contribution >= 4 is 5.97 Å². The van der Waals surface area contributed by atoms with E-state index in [0.717, 1.165) is 26.0 Å². The molecule has 0 fully saturated rings. The van der Waals surface area contributed by atoms with E-state index in [-0.39, 0.29) is 12.0 Å². The summed E-state index contributed by atoms with van der Waals surface area (Å²) in [6.45, 7) is 8.82. The van der Waals surface area contributed by atoms with E-state index in [9.17, 15) is 4.79 Å². The number of hydrogen-bond donors (Lipinski definition) is 1. The van der Waals surface area contributed by atoms with Gasteiger partial charge in [-0.05, 0) is 32.7 Å². The molecule has 0 heterocycles. The Morgan fingerprint density at radius 1 is 1.00 bits per heavy atom. The molecule has 120 valence electrons. The van der Waals surface area contributed by atoms with Crippen LogP contribution >= 0.6 is 0 Å². The number of hydrogen-bond acceptors (Lipinski definition) is 4. The highest BCUT2D eigenvalue weighted by Crippen LogP contribution is 2.03. The van der Waals surface area contributed by atoms with Crippen molar-refractivity contribution < 1.29 is 14.3 Å². The molecule has 0 aliphatic carbocycles. The molecule has 0 rings (SSSR count). The van der Waals surface area contributed by atoms with Crippen molar-refractivity contribution in [2.75, 3.05) is 26.4 Å². The Kier molecular flexibility index (Phi) is 14.3. The lowest BCUT2D eigenvalue weighted by atomic mass is 10.2. The number of rotatable bonds is 14. The maximum atomic E-state index is 11.7. The van der Waals surface area contributed by atoms with E-state index in [1.807, 2.05) is 6.92 Å². The minimum absolute atomic E-state index is 0.160. The molecule has 4 nitrogen and oxygen atoms in total. The molecule has 0 amide bonds. The Bertz CT molecular complexity index is 222. The highest BCUT2D eigenvalue weighted by atomic mass is 16.5. The Morgan fingerprint density at radius 2 is 1.75 bits per heavy atom. The zero-order valence-electron chi connectivity index (χ0n) is 13.6. The summed E-state index contributed by atoms with van der Waals surface area (Å²) in [5.41, 5.74) is 0. The molecular formula is C16H33NO3. The quantitative estimate of drug-likeness (QED) is 0.393. The van der Waals surface area contributed by atoms with Gasteiger partial charge in [0.25, 0.3) is 0 Å². The fourth-order valence-corrected chi connectivity index (χ4v) is 1.98. The predicted octanol–water partition coefficient (Wildman–Crippen LogP) is 3.29. The van der Waals surface area contributed by atoms with Crippen molar-refractivity contribution in [2.45, 2.75) is 71.8 Å². The van der Waals surface area contributed by atoms with E-state index in [1.165, 1.54) is 25.7 Å². The molecular weight excluding hydrogens is 254 g/mol. The first-order valence-electron chi connectivity index (χ1n) is 8.23. The normalized spacial score (nSPS) is 12.3. The van der Waals surface area contributed by atoms with Crippen molar-refractivity contribution in [1.82, 2.24) is 5.32 Å². The molecule has 0 aromatic heterocycles. The molecule has 0 saturated carbocycles. The van der Waals surface area contributed by atoms with Gasteiger partial charge in [-0.15, -0.1) is 0 Å². The van der Waals surface area contributed by atoms with Crippen LogP contribution in [-0.4, -0.2) is 38.4 Å². The lowest BCUT2D eigenvalue weighted by Gasteiger charge is -2.16. The number of esters is 1. The average molecular weight is 287 g/mol. The van der Waals surface area contributed by atoms with Gasteiger partial charge in [-0.1, -0.05) is 39.5 Å². The Morgan fingerprint density at radius 3 is 2.40 bits per heavy atom. The van der Waals surface area contributed by atoms with Crippen LogP contribution < -0.4 is 5.32 Å². The number of carbonyl (C=O) groups excluding carboxylic acids is 1. The van der Waals surface area contributed by atoms with Crippen LogP contribution in [0.15, 0.2) is 0 Å². The number of nitrogens with one attached hydrogen (secondary N) is 1. The van der Waals surface area contributed by atoms with Crippen LogP contribution in [0.2, 0.25) is 0 Å². The van der Waals surface area contributed by atoms with E-state index in [0.29, 0.717) is 19.6 Å². The highest BCUT2D eigenvalue weighted by Gasteiger charge is 2.18. The molecule has 1 N–H and O–H groups in total. The SMILES string of the molecule is CCCCCCCOCCC(NCCC)C(=O)OCC. The van der Waals surface area contributed by atoms with Crippen LogP contribution in [0.1, 0.15) is 65.7 Å². The molecule has 0 bridgehead atoms. The molecule has 0 saturated heterocycles. The summed E-state index contributed by atoms with van der Waals surface area (Å²) in [7, 11) is 0. The second kappa shape index (κ2) is 14.8. The van der Waals surface area contributed by atoms with Gasteiger partial charge in [-0.2, -0.15) is 0 Å². The van der Waals surface area contributed by atoms with E-state index >= 15 is 0 Å². The Hall–Kier alpha value is -0.610. The Labute approximate surface area is 124 Å². The second-order valence-electron chi connectivity index (χ2n) is 5.07. The van der Waals surface area contributed by atoms with E-state index in [2.05, 4.69) is 19.2 Å². The molecule has 1 unspecified atom stereocenters. The van der Waals surface area contributed by atoms with Gasteiger partial charge >= 0.3 is 5.97 Å². The van der Waals surface area contributed by atoms with Gasteiger partial charge in [0.05, 0.1) is 6.61 Å². The summed E-state index contributed by atoms with van der Waals surface area (Å²) < 4.78 is 10.7. The summed E-state index contributed by atoms with van der Waals surface area (Å²) >= 11 is 0. The van der Waals surface area contributed by atoms with Gasteiger partial charge in [0, 0.05) is 13.2 Å². The third kappa shape index (κ3) is 11.2. The first kappa shape index (κ1) is 19.4. The van der Waals surface area contributed by atoms with Crippen molar-refractivity contribution in [2.24, 2.45) is 0 Å². The fraction of sp³-hybridized carbons (Fsp3) is 0.938. The third-order valence-electron chi connectivity index (χ3n) is 3.15. The van der Waals surface area contributed by atoms with Crippen molar-refractivity contribution in [3.8, 4) is 0 Å². The van der Waals surface area contributed by atoms with Gasteiger partial charge in [0.2, 0.25) is 0 Å². The fourth-order valence-electron chi connectivity index (χ4n) is 1.98. The summed E-state index contributed by atoms with van der Waals surface area (Å²) in [6.07, 6.45) is 7.93.